The lowest BCUT2D eigenvalue weighted by atomic mass is 10.0. The normalized spacial score (nSPS) is 13.8. The van der Waals surface area contributed by atoms with E-state index in [9.17, 15) is 19.0 Å². The van der Waals surface area contributed by atoms with Gasteiger partial charge in [-0.1, -0.05) is 332 Å². The number of carbonyl (C=O) groups is 2. The molecule has 0 aromatic carbocycles. The second-order valence-corrected chi connectivity index (χ2v) is 29.0. The Balaban J connectivity index is 4.96. The number of nitrogens with zero attached hydrogens (tertiary/aromatic N) is 1. The smallest absolute Gasteiger partial charge is 0.456 e. The van der Waals surface area contributed by atoms with Crippen molar-refractivity contribution in [1.82, 2.24) is 5.32 Å². The first-order chi connectivity index (χ1) is 43.9. The summed E-state index contributed by atoms with van der Waals surface area (Å²) in [6.07, 6.45) is 92.1. The lowest BCUT2D eigenvalue weighted by molar-refractivity contribution is -0.870. The molecule has 0 fully saturated rings. The molecule has 0 aliphatic carbocycles. The van der Waals surface area contributed by atoms with Crippen LogP contribution in [0.25, 0.3) is 0 Å². The summed E-state index contributed by atoms with van der Waals surface area (Å²) in [6.45, 7) is 7.03. The standard InChI is InChI=1S/C80H149N2O7P/c1-7-10-13-16-19-22-25-28-30-32-34-36-38-40-41-43-45-47-49-51-53-55-58-61-64-67-70-73-80(84)89-78(71-68-65-62-59-56-27-24-21-18-15-12-9-3)77(76-88-90(85,86)87-75-74-82(4,5)6)81-79(83)72-69-66-63-60-57-54-52-50-48-46-44-42-39-37-35-33-31-29-26-23-20-17-14-11-8-2/h19,22,28-31,34,36,40-41,68,71,77-78H,7-18,20-21,23-27,32-33,35,37-39,42-67,69-70,72-76H2,1-6H3,(H-,81,83,85,86)/p+1/b22-19-,30-28-,31-29+,36-34-,41-40-,71-68+. The van der Waals surface area contributed by atoms with Crippen molar-refractivity contribution in [3.8, 4) is 0 Å². The van der Waals surface area contributed by atoms with E-state index in [0.717, 1.165) is 77.0 Å². The van der Waals surface area contributed by atoms with E-state index >= 15 is 0 Å². The fourth-order valence-corrected chi connectivity index (χ4v) is 12.1. The van der Waals surface area contributed by atoms with E-state index in [1.165, 1.54) is 263 Å². The summed E-state index contributed by atoms with van der Waals surface area (Å²) >= 11 is 0. The van der Waals surface area contributed by atoms with Gasteiger partial charge < -0.3 is 19.4 Å². The first-order valence-electron chi connectivity index (χ1n) is 38.8. The molecule has 3 atom stereocenters. The number of amides is 1. The van der Waals surface area contributed by atoms with E-state index in [1.54, 1.807) is 0 Å². The Bertz CT molecular complexity index is 1770. The fraction of sp³-hybridized carbons (Fsp3) is 0.825. The maximum atomic E-state index is 13.7. The molecule has 0 bridgehead atoms. The predicted molar refractivity (Wildman–Crippen MR) is 392 cm³/mol. The minimum Gasteiger partial charge on any atom is -0.456 e. The quantitative estimate of drug-likeness (QED) is 0.0205. The number of unbranched alkanes of at least 4 members (excludes halogenated alkanes) is 45. The van der Waals surface area contributed by atoms with Gasteiger partial charge in [0.2, 0.25) is 5.91 Å². The van der Waals surface area contributed by atoms with E-state index in [0.29, 0.717) is 17.4 Å². The van der Waals surface area contributed by atoms with Crippen molar-refractivity contribution in [1.29, 1.82) is 0 Å². The average molecular weight is 1280 g/mol. The summed E-state index contributed by atoms with van der Waals surface area (Å²) < 4.78 is 30.9. The molecule has 3 unspecified atom stereocenters. The van der Waals surface area contributed by atoms with Crippen LogP contribution in [0.2, 0.25) is 0 Å². The Labute approximate surface area is 559 Å². The van der Waals surface area contributed by atoms with Crippen LogP contribution in [0, 0.1) is 0 Å². The molecule has 0 spiro atoms. The van der Waals surface area contributed by atoms with E-state index in [-0.39, 0.29) is 31.5 Å². The molecule has 0 saturated heterocycles. The molecular weight excluding hydrogens is 1130 g/mol. The Morgan fingerprint density at radius 1 is 0.389 bits per heavy atom. The molecule has 10 heteroatoms. The molecule has 0 radical (unpaired) electrons. The van der Waals surface area contributed by atoms with Crippen LogP contribution >= 0.6 is 7.82 Å². The van der Waals surface area contributed by atoms with Gasteiger partial charge in [0.15, 0.2) is 0 Å². The number of hydrogen-bond acceptors (Lipinski definition) is 6. The summed E-state index contributed by atoms with van der Waals surface area (Å²) in [5, 5.41) is 3.08. The van der Waals surface area contributed by atoms with E-state index in [1.807, 2.05) is 33.3 Å². The lowest BCUT2D eigenvalue weighted by Gasteiger charge is -2.27. The second-order valence-electron chi connectivity index (χ2n) is 27.5. The number of rotatable bonds is 71. The number of nitrogens with one attached hydrogen (secondary N) is 1. The van der Waals surface area contributed by atoms with Crippen molar-refractivity contribution in [3.63, 3.8) is 0 Å². The number of hydrogen-bond donors (Lipinski definition) is 2. The maximum Gasteiger partial charge on any atom is 0.472 e. The van der Waals surface area contributed by atoms with Gasteiger partial charge >= 0.3 is 13.8 Å². The van der Waals surface area contributed by atoms with Crippen LogP contribution in [0.15, 0.2) is 72.9 Å². The molecule has 2 N–H and O–H groups in total. The SMILES string of the molecule is CCCCC/C=C\C/C=C\C/C=C\C/C=C\CCCCCCCCCCCCCC(=O)OC(/C=C/CCCCCCCCCCCC)C(COP(=O)(O)OCC[N+](C)(C)C)NC(=O)CCCCCCCCCCCCCCCCC/C=C/CCCCCCCC. The van der Waals surface area contributed by atoms with Crippen LogP contribution in [0.5, 0.6) is 0 Å². The van der Waals surface area contributed by atoms with E-state index in [4.69, 9.17) is 13.8 Å². The number of phosphoric ester groups is 1. The Hall–Kier alpha value is -2.55. The van der Waals surface area contributed by atoms with Gasteiger partial charge in [-0.25, -0.2) is 4.57 Å². The van der Waals surface area contributed by atoms with Gasteiger partial charge in [0.25, 0.3) is 0 Å². The Kier molecular flexibility index (Phi) is 67.3. The number of likely N-dealkylation sites (N-methyl/N-ethyl adjacent to an activating group) is 1. The van der Waals surface area contributed by atoms with Gasteiger partial charge in [-0.15, -0.1) is 0 Å². The predicted octanol–water partition coefficient (Wildman–Crippen LogP) is 25.1. The number of esters is 1. The molecule has 0 aliphatic heterocycles. The Morgan fingerprint density at radius 2 is 0.678 bits per heavy atom. The van der Waals surface area contributed by atoms with Gasteiger partial charge in [-0.3, -0.25) is 18.6 Å². The van der Waals surface area contributed by atoms with Crippen LogP contribution in [0.4, 0.5) is 0 Å². The monoisotopic (exact) mass is 1280 g/mol. The number of quaternary nitrogens is 1. The highest BCUT2D eigenvalue weighted by Gasteiger charge is 2.30. The zero-order valence-corrected chi connectivity index (χ0v) is 61.3. The van der Waals surface area contributed by atoms with Crippen molar-refractivity contribution >= 4 is 19.7 Å². The molecule has 0 aromatic heterocycles. The number of allylic oxidation sites excluding steroid dienone is 11. The third-order valence-electron chi connectivity index (χ3n) is 17.4. The fourth-order valence-electron chi connectivity index (χ4n) is 11.4. The minimum absolute atomic E-state index is 0.0396. The number of ether oxygens (including phenoxy) is 1. The summed E-state index contributed by atoms with van der Waals surface area (Å²) in [5.41, 5.74) is 0. The molecule has 9 nitrogen and oxygen atoms in total. The average Bonchev–Trinajstić information content (AvgIpc) is 3.12. The molecule has 1 amide bonds. The minimum atomic E-state index is -4.46. The number of phosphoric acid groups is 1. The molecular formula is C80H150N2O7P+. The first kappa shape index (κ1) is 87.5. The van der Waals surface area contributed by atoms with Gasteiger partial charge in [0, 0.05) is 12.8 Å². The summed E-state index contributed by atoms with van der Waals surface area (Å²) in [4.78, 5) is 38.0. The van der Waals surface area contributed by atoms with E-state index in [2.05, 4.69) is 86.8 Å². The third-order valence-corrected chi connectivity index (χ3v) is 18.4. The van der Waals surface area contributed by atoms with Crippen molar-refractivity contribution in [2.24, 2.45) is 0 Å². The van der Waals surface area contributed by atoms with Crippen molar-refractivity contribution in [2.75, 3.05) is 40.9 Å². The van der Waals surface area contributed by atoms with Gasteiger partial charge in [-0.05, 0) is 102 Å². The van der Waals surface area contributed by atoms with Crippen LogP contribution in [0.3, 0.4) is 0 Å². The zero-order valence-electron chi connectivity index (χ0n) is 60.4. The molecule has 90 heavy (non-hydrogen) atoms. The van der Waals surface area contributed by atoms with Gasteiger partial charge in [0.05, 0.1) is 33.8 Å². The van der Waals surface area contributed by atoms with Gasteiger partial charge in [0.1, 0.15) is 19.3 Å². The third kappa shape index (κ3) is 69.8. The van der Waals surface area contributed by atoms with Crippen LogP contribution in [0.1, 0.15) is 374 Å². The van der Waals surface area contributed by atoms with Gasteiger partial charge in [-0.2, -0.15) is 0 Å². The largest absolute Gasteiger partial charge is 0.472 e. The molecule has 0 saturated carbocycles. The molecule has 0 rings (SSSR count). The Morgan fingerprint density at radius 3 is 1.04 bits per heavy atom. The molecule has 0 aliphatic rings. The molecule has 0 heterocycles. The van der Waals surface area contributed by atoms with Crippen LogP contribution in [-0.2, 0) is 27.9 Å². The van der Waals surface area contributed by atoms with Crippen molar-refractivity contribution < 1.29 is 37.3 Å². The number of carbonyl (C=O) groups excluding carboxylic acids is 2. The lowest BCUT2D eigenvalue weighted by Crippen LogP contribution is -2.47. The highest BCUT2D eigenvalue weighted by molar-refractivity contribution is 7.47. The highest BCUT2D eigenvalue weighted by Crippen LogP contribution is 2.43. The topological polar surface area (TPSA) is 111 Å². The summed E-state index contributed by atoms with van der Waals surface area (Å²) in [6, 6.07) is -0.852. The molecule has 526 valence electrons. The van der Waals surface area contributed by atoms with E-state index < -0.39 is 20.0 Å². The van der Waals surface area contributed by atoms with Crippen molar-refractivity contribution in [2.45, 2.75) is 386 Å². The highest BCUT2D eigenvalue weighted by atomic mass is 31.2. The maximum absolute atomic E-state index is 13.7. The second kappa shape index (κ2) is 69.3. The zero-order chi connectivity index (χ0) is 65.6. The summed E-state index contributed by atoms with van der Waals surface area (Å²) in [7, 11) is 1.50. The first-order valence-corrected chi connectivity index (χ1v) is 40.3. The molecule has 0 aromatic rings. The van der Waals surface area contributed by atoms with Crippen LogP contribution < -0.4 is 5.32 Å². The van der Waals surface area contributed by atoms with Crippen LogP contribution in [-0.4, -0.2) is 74.3 Å². The van der Waals surface area contributed by atoms with Crippen molar-refractivity contribution in [3.05, 3.63) is 72.9 Å². The summed E-state index contributed by atoms with van der Waals surface area (Å²) in [5.74, 6) is -0.494.